The van der Waals surface area contributed by atoms with Crippen molar-refractivity contribution in [3.8, 4) is 27.6 Å². The number of hydrogen-bond donors (Lipinski definition) is 0. The zero-order valence-electron chi connectivity index (χ0n) is 27.2. The van der Waals surface area contributed by atoms with E-state index in [2.05, 4.69) is 138 Å². The lowest BCUT2D eigenvalue weighted by Crippen LogP contribution is -2.16. The number of rotatable bonds is 2. The molecule has 0 fully saturated rings. The van der Waals surface area contributed by atoms with Gasteiger partial charge in [-0.1, -0.05) is 127 Å². The van der Waals surface area contributed by atoms with E-state index in [1.807, 2.05) is 29.5 Å². The number of fused-ring (bicyclic) bond motifs is 16. The molecule has 6 aromatic carbocycles. The van der Waals surface area contributed by atoms with Crippen LogP contribution in [0.4, 0.5) is 0 Å². The number of benzene rings is 6. The standard InChI is InChI=1S/C46H27N3OS/c1-3-15-28-26(12-1)14-11-21-32(28)41-45(47-42-34-20-8-10-23-36(34)50-46(42)48-41)49-35-22-9-7-19-33(35)38-30-17-5-6-18-31(30)40-39-29-16-4-2-13-27(29)24-25-37(39)51-44(40)43(38)49/h1-25,30-31H. The van der Waals surface area contributed by atoms with Crippen molar-refractivity contribution in [3.63, 3.8) is 0 Å². The van der Waals surface area contributed by atoms with E-state index in [0.717, 1.165) is 49.9 Å². The third kappa shape index (κ3) is 3.68. The molecule has 12 rings (SSSR count). The normalized spacial score (nSPS) is 16.5. The van der Waals surface area contributed by atoms with Crippen molar-refractivity contribution >= 4 is 76.1 Å². The summed E-state index contributed by atoms with van der Waals surface area (Å²) in [5.41, 5.74) is 9.02. The Hall–Kier alpha value is -6.30. The summed E-state index contributed by atoms with van der Waals surface area (Å²) in [6.45, 7) is 0. The van der Waals surface area contributed by atoms with E-state index < -0.39 is 0 Å². The molecule has 0 saturated carbocycles. The van der Waals surface area contributed by atoms with Gasteiger partial charge in [0.1, 0.15) is 16.8 Å². The Morgan fingerprint density at radius 3 is 2.14 bits per heavy atom. The molecule has 4 nitrogen and oxygen atoms in total. The Balaban J connectivity index is 1.28. The van der Waals surface area contributed by atoms with E-state index >= 15 is 0 Å². The van der Waals surface area contributed by atoms with Gasteiger partial charge >= 0.3 is 0 Å². The highest BCUT2D eigenvalue weighted by atomic mass is 32.1. The smallest absolute Gasteiger partial charge is 0.247 e. The second-order valence-corrected chi connectivity index (χ2v) is 14.7. The summed E-state index contributed by atoms with van der Waals surface area (Å²) in [6.07, 6.45) is 9.27. The molecule has 4 heterocycles. The predicted molar refractivity (Wildman–Crippen MR) is 211 cm³/mol. The maximum atomic E-state index is 6.41. The fraction of sp³-hybridized carbons (Fsp3) is 0.0435. The van der Waals surface area contributed by atoms with Gasteiger partial charge in [0, 0.05) is 38.3 Å². The molecule has 0 spiro atoms. The monoisotopic (exact) mass is 669 g/mol. The fourth-order valence-corrected chi connectivity index (χ4v) is 10.2. The Labute approximate surface area is 296 Å². The van der Waals surface area contributed by atoms with Crippen LogP contribution >= 0.6 is 11.3 Å². The lowest BCUT2D eigenvalue weighted by molar-refractivity contribution is 0.653. The number of thiophene rings is 1. The Morgan fingerprint density at radius 2 is 1.27 bits per heavy atom. The van der Waals surface area contributed by atoms with E-state index in [9.17, 15) is 0 Å². The first-order valence-electron chi connectivity index (χ1n) is 17.4. The van der Waals surface area contributed by atoms with Gasteiger partial charge in [-0.15, -0.1) is 11.3 Å². The van der Waals surface area contributed by atoms with Gasteiger partial charge in [-0.3, -0.25) is 4.57 Å². The van der Waals surface area contributed by atoms with Gasteiger partial charge < -0.3 is 4.42 Å². The van der Waals surface area contributed by atoms with Gasteiger partial charge in [0.2, 0.25) is 5.71 Å². The molecule has 0 bridgehead atoms. The van der Waals surface area contributed by atoms with Crippen LogP contribution in [0.2, 0.25) is 0 Å². The van der Waals surface area contributed by atoms with Gasteiger partial charge in [-0.25, -0.2) is 9.97 Å². The molecule has 238 valence electrons. The SMILES string of the molecule is C1=CC2c3c(n(-c4nc5c(nc4-c4cccc6ccccc46)oc4ccccc45)c4ccccc34)-c3sc4ccc5ccccc5c4c3C2C=C1. The molecule has 2 atom stereocenters. The molecule has 0 amide bonds. The molecule has 2 unspecified atom stereocenters. The van der Waals surface area contributed by atoms with Crippen LogP contribution < -0.4 is 0 Å². The van der Waals surface area contributed by atoms with Gasteiger partial charge in [-0.05, 0) is 56.9 Å². The summed E-state index contributed by atoms with van der Waals surface area (Å²) >= 11 is 1.90. The van der Waals surface area contributed by atoms with Crippen molar-refractivity contribution in [2.24, 2.45) is 0 Å². The third-order valence-electron chi connectivity index (χ3n) is 11.0. The van der Waals surface area contributed by atoms with Gasteiger partial charge in [0.25, 0.3) is 0 Å². The minimum atomic E-state index is 0.174. The highest BCUT2D eigenvalue weighted by Crippen LogP contribution is 2.59. The minimum absolute atomic E-state index is 0.174. The second kappa shape index (κ2) is 10.1. The molecular formula is C46H27N3OS. The lowest BCUT2D eigenvalue weighted by Gasteiger charge is -2.31. The summed E-state index contributed by atoms with van der Waals surface area (Å²) in [5, 5.41) is 8.44. The molecule has 0 aliphatic heterocycles. The van der Waals surface area contributed by atoms with Crippen LogP contribution in [0.1, 0.15) is 23.0 Å². The highest BCUT2D eigenvalue weighted by molar-refractivity contribution is 7.22. The number of para-hydroxylation sites is 2. The summed E-state index contributed by atoms with van der Waals surface area (Å²) in [6, 6.07) is 45.4. The van der Waals surface area contributed by atoms with E-state index in [0.29, 0.717) is 5.71 Å². The van der Waals surface area contributed by atoms with E-state index in [-0.39, 0.29) is 11.8 Å². The van der Waals surface area contributed by atoms with Crippen molar-refractivity contribution in [1.29, 1.82) is 0 Å². The first kappa shape index (κ1) is 27.5. The van der Waals surface area contributed by atoms with Gasteiger partial charge in [-0.2, -0.15) is 0 Å². The van der Waals surface area contributed by atoms with Crippen molar-refractivity contribution in [3.05, 3.63) is 163 Å². The summed E-state index contributed by atoms with van der Waals surface area (Å²) in [5.74, 6) is 1.21. The van der Waals surface area contributed by atoms with Crippen molar-refractivity contribution < 1.29 is 4.42 Å². The van der Waals surface area contributed by atoms with Crippen LogP contribution in [-0.4, -0.2) is 14.5 Å². The summed E-state index contributed by atoms with van der Waals surface area (Å²) in [7, 11) is 0. The second-order valence-electron chi connectivity index (χ2n) is 13.6. The molecule has 0 saturated heterocycles. The molecule has 51 heavy (non-hydrogen) atoms. The van der Waals surface area contributed by atoms with Crippen LogP contribution in [0.3, 0.4) is 0 Å². The zero-order chi connectivity index (χ0) is 33.2. The average molecular weight is 670 g/mol. The Morgan fingerprint density at radius 1 is 0.588 bits per heavy atom. The van der Waals surface area contributed by atoms with Crippen LogP contribution in [-0.2, 0) is 0 Å². The topological polar surface area (TPSA) is 43.9 Å². The molecule has 10 aromatic rings. The molecule has 2 aliphatic rings. The molecule has 5 heteroatoms. The molecule has 0 N–H and O–H groups in total. The maximum absolute atomic E-state index is 6.41. The first-order valence-corrected chi connectivity index (χ1v) is 18.2. The van der Waals surface area contributed by atoms with Crippen LogP contribution in [0.5, 0.6) is 0 Å². The fourth-order valence-electron chi connectivity index (χ4n) is 8.87. The van der Waals surface area contributed by atoms with Crippen LogP contribution in [0, 0.1) is 0 Å². The van der Waals surface area contributed by atoms with Crippen LogP contribution in [0.25, 0.3) is 92.4 Å². The third-order valence-corrected chi connectivity index (χ3v) is 12.2. The minimum Gasteiger partial charge on any atom is -0.436 e. The van der Waals surface area contributed by atoms with E-state index in [4.69, 9.17) is 14.4 Å². The van der Waals surface area contributed by atoms with Crippen molar-refractivity contribution in [1.82, 2.24) is 14.5 Å². The first-order chi connectivity index (χ1) is 25.3. The Kier molecular flexibility index (Phi) is 5.46. The number of hydrogen-bond acceptors (Lipinski definition) is 4. The maximum Gasteiger partial charge on any atom is 0.247 e. The lowest BCUT2D eigenvalue weighted by atomic mass is 9.72. The van der Waals surface area contributed by atoms with Gasteiger partial charge in [0.05, 0.1) is 16.1 Å². The van der Waals surface area contributed by atoms with Crippen molar-refractivity contribution in [2.75, 3.05) is 0 Å². The number of nitrogens with zero attached hydrogens (tertiary/aromatic N) is 3. The molecule has 2 aliphatic carbocycles. The zero-order valence-corrected chi connectivity index (χ0v) is 28.1. The Bertz CT molecular complexity index is 3170. The molecule has 4 aromatic heterocycles. The summed E-state index contributed by atoms with van der Waals surface area (Å²) in [4.78, 5) is 12.3. The highest BCUT2D eigenvalue weighted by Gasteiger charge is 2.40. The number of allylic oxidation sites excluding steroid dienone is 4. The number of aromatic nitrogens is 3. The van der Waals surface area contributed by atoms with E-state index in [1.54, 1.807) is 0 Å². The average Bonchev–Trinajstić information content (AvgIpc) is 3.87. The molecular weight excluding hydrogens is 643 g/mol. The predicted octanol–water partition coefficient (Wildman–Crippen LogP) is 12.5. The quantitative estimate of drug-likeness (QED) is 0.184. The van der Waals surface area contributed by atoms with E-state index in [1.165, 1.54) is 47.9 Å². The van der Waals surface area contributed by atoms with Crippen LogP contribution in [0.15, 0.2) is 156 Å². The van der Waals surface area contributed by atoms with Crippen molar-refractivity contribution in [2.45, 2.75) is 11.8 Å². The summed E-state index contributed by atoms with van der Waals surface area (Å²) < 4.78 is 10.1. The van der Waals surface area contributed by atoms with Gasteiger partial charge in [0.15, 0.2) is 5.82 Å². The largest absolute Gasteiger partial charge is 0.436 e. The number of furan rings is 1. The molecule has 0 radical (unpaired) electrons.